The lowest BCUT2D eigenvalue weighted by molar-refractivity contribution is 0.0962. The van der Waals surface area contributed by atoms with Crippen LogP contribution in [0.4, 0.5) is 5.95 Å². The minimum atomic E-state index is -3.54. The summed E-state index contributed by atoms with van der Waals surface area (Å²) in [5.74, 6) is 0.0908. The standard InChI is InChI=1S/C18H23N5O4S/c1-27-16-10-11-19-18(20-16)22-21-17(24)14-6-8-15(9-7-14)28(25,26)23-12-4-2-3-5-13-23/h6-11H,2-5,12-13H2,1H3,(H,21,24)(H,19,20,22). The van der Waals surface area contributed by atoms with Crippen molar-refractivity contribution in [2.24, 2.45) is 0 Å². The Hall–Kier alpha value is -2.72. The van der Waals surface area contributed by atoms with E-state index in [0.717, 1.165) is 25.7 Å². The van der Waals surface area contributed by atoms with Crippen molar-refractivity contribution >= 4 is 21.9 Å². The second-order valence-electron chi connectivity index (χ2n) is 6.34. The summed E-state index contributed by atoms with van der Waals surface area (Å²) in [6.07, 6.45) is 5.34. The van der Waals surface area contributed by atoms with Gasteiger partial charge in [0.1, 0.15) is 0 Å². The lowest BCUT2D eigenvalue weighted by Crippen LogP contribution is -2.32. The number of amides is 1. The molecule has 0 saturated carbocycles. The third kappa shape index (κ3) is 4.76. The average molecular weight is 405 g/mol. The Kier molecular flexibility index (Phi) is 6.42. The van der Waals surface area contributed by atoms with Crippen molar-refractivity contribution in [3.8, 4) is 5.88 Å². The summed E-state index contributed by atoms with van der Waals surface area (Å²) in [7, 11) is -2.06. The summed E-state index contributed by atoms with van der Waals surface area (Å²) < 4.78 is 32.1. The van der Waals surface area contributed by atoms with Crippen LogP contribution in [0.5, 0.6) is 5.88 Å². The molecule has 1 aliphatic rings. The molecule has 1 aromatic carbocycles. The number of benzene rings is 1. The van der Waals surface area contributed by atoms with Crippen LogP contribution in [-0.4, -0.2) is 48.8 Å². The zero-order chi connectivity index (χ0) is 20.0. The zero-order valence-electron chi connectivity index (χ0n) is 15.6. The number of hydrazine groups is 1. The predicted molar refractivity (Wildman–Crippen MR) is 103 cm³/mol. The summed E-state index contributed by atoms with van der Waals surface area (Å²) in [6, 6.07) is 7.45. The Morgan fingerprint density at radius 1 is 1.07 bits per heavy atom. The van der Waals surface area contributed by atoms with Gasteiger partial charge in [-0.15, -0.1) is 0 Å². The van der Waals surface area contributed by atoms with Gasteiger partial charge in [0.2, 0.25) is 21.9 Å². The molecule has 150 valence electrons. The lowest BCUT2D eigenvalue weighted by atomic mass is 10.2. The molecule has 2 N–H and O–H groups in total. The topological polar surface area (TPSA) is 114 Å². The lowest BCUT2D eigenvalue weighted by Gasteiger charge is -2.20. The largest absolute Gasteiger partial charge is 0.481 e. The molecule has 0 atom stereocenters. The predicted octanol–water partition coefficient (Wildman–Crippen LogP) is 1.81. The quantitative estimate of drug-likeness (QED) is 0.705. The number of hydrogen-bond donors (Lipinski definition) is 2. The molecule has 10 heteroatoms. The Labute approximate surface area is 164 Å². The van der Waals surface area contributed by atoms with Gasteiger partial charge in [0.25, 0.3) is 5.91 Å². The van der Waals surface area contributed by atoms with Crippen LogP contribution >= 0.6 is 0 Å². The van der Waals surface area contributed by atoms with E-state index >= 15 is 0 Å². The summed E-state index contributed by atoms with van der Waals surface area (Å²) in [6.45, 7) is 1.07. The van der Waals surface area contributed by atoms with Gasteiger partial charge < -0.3 is 4.74 Å². The second kappa shape index (κ2) is 8.98. The number of carbonyl (C=O) groups excluding carboxylic acids is 1. The van der Waals surface area contributed by atoms with Gasteiger partial charge in [-0.1, -0.05) is 12.8 Å². The number of hydrogen-bond acceptors (Lipinski definition) is 7. The van der Waals surface area contributed by atoms with E-state index in [1.54, 1.807) is 6.07 Å². The molecule has 1 aromatic heterocycles. The van der Waals surface area contributed by atoms with Crippen LogP contribution in [-0.2, 0) is 10.0 Å². The van der Waals surface area contributed by atoms with Gasteiger partial charge in [-0.3, -0.25) is 15.6 Å². The molecule has 1 aliphatic heterocycles. The van der Waals surface area contributed by atoms with Gasteiger partial charge in [-0.2, -0.15) is 9.29 Å². The molecule has 1 fully saturated rings. The first-order valence-electron chi connectivity index (χ1n) is 9.04. The van der Waals surface area contributed by atoms with E-state index in [1.807, 2.05) is 0 Å². The number of nitrogens with zero attached hydrogens (tertiary/aromatic N) is 3. The Bertz CT molecular complexity index is 910. The monoisotopic (exact) mass is 405 g/mol. The summed E-state index contributed by atoms with van der Waals surface area (Å²) >= 11 is 0. The van der Waals surface area contributed by atoms with Crippen molar-refractivity contribution in [2.75, 3.05) is 25.6 Å². The first kappa shape index (κ1) is 20.0. The first-order chi connectivity index (χ1) is 13.5. The molecule has 0 bridgehead atoms. The van der Waals surface area contributed by atoms with E-state index in [1.165, 1.54) is 41.9 Å². The average Bonchev–Trinajstić information content (AvgIpc) is 3.02. The van der Waals surface area contributed by atoms with Crippen molar-refractivity contribution in [3.05, 3.63) is 42.1 Å². The second-order valence-corrected chi connectivity index (χ2v) is 8.28. The van der Waals surface area contributed by atoms with Crippen LogP contribution in [0.2, 0.25) is 0 Å². The van der Waals surface area contributed by atoms with E-state index < -0.39 is 15.9 Å². The molecule has 1 saturated heterocycles. The van der Waals surface area contributed by atoms with Crippen molar-refractivity contribution in [3.63, 3.8) is 0 Å². The summed E-state index contributed by atoms with van der Waals surface area (Å²) in [5.41, 5.74) is 5.37. The molecule has 0 radical (unpaired) electrons. The number of ether oxygens (including phenoxy) is 1. The molecule has 2 aromatic rings. The SMILES string of the molecule is COc1ccnc(NNC(=O)c2ccc(S(=O)(=O)N3CCCCCC3)cc2)n1. The normalized spacial score (nSPS) is 15.5. The van der Waals surface area contributed by atoms with Crippen LogP contribution in [0, 0.1) is 0 Å². The van der Waals surface area contributed by atoms with Crippen molar-refractivity contribution in [1.82, 2.24) is 19.7 Å². The maximum Gasteiger partial charge on any atom is 0.269 e. The smallest absolute Gasteiger partial charge is 0.269 e. The Morgan fingerprint density at radius 2 is 1.75 bits per heavy atom. The van der Waals surface area contributed by atoms with E-state index in [0.29, 0.717) is 24.5 Å². The summed E-state index contributed by atoms with van der Waals surface area (Å²) in [4.78, 5) is 20.4. The first-order valence-corrected chi connectivity index (χ1v) is 10.5. The van der Waals surface area contributed by atoms with Gasteiger partial charge in [0, 0.05) is 30.9 Å². The highest BCUT2D eigenvalue weighted by atomic mass is 32.2. The number of carbonyl (C=O) groups is 1. The number of sulfonamides is 1. The minimum absolute atomic E-state index is 0.174. The maximum absolute atomic E-state index is 12.8. The number of methoxy groups -OCH3 is 1. The fourth-order valence-corrected chi connectivity index (χ4v) is 4.43. The number of rotatable bonds is 6. The molecular formula is C18H23N5O4S. The molecule has 0 unspecified atom stereocenters. The Morgan fingerprint density at radius 3 is 2.39 bits per heavy atom. The highest BCUT2D eigenvalue weighted by molar-refractivity contribution is 7.89. The van der Waals surface area contributed by atoms with Crippen molar-refractivity contribution < 1.29 is 17.9 Å². The molecule has 2 heterocycles. The van der Waals surface area contributed by atoms with Gasteiger partial charge in [0.15, 0.2) is 0 Å². The van der Waals surface area contributed by atoms with E-state index in [2.05, 4.69) is 20.8 Å². The van der Waals surface area contributed by atoms with Crippen LogP contribution in [0.1, 0.15) is 36.0 Å². The molecule has 0 aliphatic carbocycles. The van der Waals surface area contributed by atoms with Crippen LogP contribution in [0.25, 0.3) is 0 Å². The number of nitrogens with one attached hydrogen (secondary N) is 2. The molecule has 1 amide bonds. The molecule has 28 heavy (non-hydrogen) atoms. The van der Waals surface area contributed by atoms with E-state index in [-0.39, 0.29) is 10.8 Å². The fourth-order valence-electron chi connectivity index (χ4n) is 2.91. The van der Waals surface area contributed by atoms with Gasteiger partial charge in [-0.05, 0) is 37.1 Å². The number of anilines is 1. The molecular weight excluding hydrogens is 382 g/mol. The van der Waals surface area contributed by atoms with Crippen molar-refractivity contribution in [1.29, 1.82) is 0 Å². The summed E-state index contributed by atoms with van der Waals surface area (Å²) in [5, 5.41) is 0. The third-order valence-corrected chi connectivity index (χ3v) is 6.36. The van der Waals surface area contributed by atoms with Crippen LogP contribution in [0.3, 0.4) is 0 Å². The van der Waals surface area contributed by atoms with Gasteiger partial charge >= 0.3 is 0 Å². The van der Waals surface area contributed by atoms with E-state index in [4.69, 9.17) is 4.74 Å². The highest BCUT2D eigenvalue weighted by Gasteiger charge is 2.25. The third-order valence-electron chi connectivity index (χ3n) is 4.45. The minimum Gasteiger partial charge on any atom is -0.481 e. The maximum atomic E-state index is 12.8. The van der Waals surface area contributed by atoms with Gasteiger partial charge in [-0.25, -0.2) is 13.4 Å². The Balaban J connectivity index is 1.65. The molecule has 9 nitrogen and oxygen atoms in total. The molecule has 3 rings (SSSR count). The van der Waals surface area contributed by atoms with Crippen LogP contribution in [0.15, 0.2) is 41.4 Å². The fraction of sp³-hybridized carbons (Fsp3) is 0.389. The zero-order valence-corrected chi connectivity index (χ0v) is 16.4. The van der Waals surface area contributed by atoms with Crippen LogP contribution < -0.4 is 15.6 Å². The number of aromatic nitrogens is 2. The highest BCUT2D eigenvalue weighted by Crippen LogP contribution is 2.20. The van der Waals surface area contributed by atoms with E-state index in [9.17, 15) is 13.2 Å². The van der Waals surface area contributed by atoms with Crippen molar-refractivity contribution in [2.45, 2.75) is 30.6 Å². The molecule has 0 spiro atoms. The van der Waals surface area contributed by atoms with Gasteiger partial charge in [0.05, 0.1) is 12.0 Å².